The third-order valence-electron chi connectivity index (χ3n) is 5.74. The van der Waals surface area contributed by atoms with Gasteiger partial charge in [0.05, 0.1) is 6.54 Å². The van der Waals surface area contributed by atoms with Crippen molar-refractivity contribution in [3.05, 3.63) is 59.7 Å². The van der Waals surface area contributed by atoms with Crippen LogP contribution in [0.1, 0.15) is 24.0 Å². The Hall–Kier alpha value is -2.33. The minimum absolute atomic E-state index is 0.145. The van der Waals surface area contributed by atoms with E-state index in [1.54, 1.807) is 0 Å². The highest BCUT2D eigenvalue weighted by Crippen LogP contribution is 2.41. The summed E-state index contributed by atoms with van der Waals surface area (Å²) in [6.07, 6.45) is 3.37. The van der Waals surface area contributed by atoms with Crippen LogP contribution in [-0.4, -0.2) is 33.0 Å². The van der Waals surface area contributed by atoms with Crippen molar-refractivity contribution in [2.45, 2.75) is 25.8 Å². The van der Waals surface area contributed by atoms with Crippen LogP contribution in [0, 0.1) is 5.41 Å². The Kier molecular flexibility index (Phi) is 4.68. The molecule has 1 fully saturated rings. The summed E-state index contributed by atoms with van der Waals surface area (Å²) in [4.78, 5) is 7.29. The number of fused-ring (bicyclic) bond motifs is 1. The van der Waals surface area contributed by atoms with Crippen molar-refractivity contribution < 1.29 is 0 Å². The molecule has 4 nitrogen and oxygen atoms in total. The average molecular weight is 348 g/mol. The van der Waals surface area contributed by atoms with Crippen molar-refractivity contribution in [3.63, 3.8) is 0 Å². The summed E-state index contributed by atoms with van der Waals surface area (Å²) < 4.78 is 0. The lowest BCUT2D eigenvalue weighted by Gasteiger charge is -2.43. The van der Waals surface area contributed by atoms with E-state index < -0.39 is 0 Å². The minimum atomic E-state index is 0.145. The van der Waals surface area contributed by atoms with Crippen molar-refractivity contribution in [2.24, 2.45) is 10.4 Å². The summed E-state index contributed by atoms with van der Waals surface area (Å²) in [5.41, 5.74) is 5.30. The highest BCUT2D eigenvalue weighted by molar-refractivity contribution is 6.02. The van der Waals surface area contributed by atoms with E-state index in [1.165, 1.54) is 28.3 Å². The van der Waals surface area contributed by atoms with Gasteiger partial charge in [-0.25, -0.2) is 0 Å². The minimum Gasteiger partial charge on any atom is -0.377 e. The molecule has 0 radical (unpaired) electrons. The summed E-state index contributed by atoms with van der Waals surface area (Å²) in [5.74, 6) is 1.17. The van der Waals surface area contributed by atoms with Gasteiger partial charge < -0.3 is 15.5 Å². The van der Waals surface area contributed by atoms with E-state index in [1.807, 2.05) is 0 Å². The number of hydrogen-bond acceptors (Lipinski definition) is 3. The van der Waals surface area contributed by atoms with Gasteiger partial charge in [-0.2, -0.15) is 0 Å². The second kappa shape index (κ2) is 7.12. The Morgan fingerprint density at radius 1 is 1.00 bits per heavy atom. The predicted octanol–water partition coefficient (Wildman–Crippen LogP) is 3.69. The molecule has 2 N–H and O–H groups in total. The monoisotopic (exact) mass is 348 g/mol. The number of benzene rings is 2. The molecule has 0 bridgehead atoms. The Morgan fingerprint density at radius 3 is 2.54 bits per heavy atom. The van der Waals surface area contributed by atoms with Gasteiger partial charge >= 0.3 is 0 Å². The molecule has 0 saturated carbocycles. The number of rotatable bonds is 3. The molecular weight excluding hydrogens is 320 g/mol. The van der Waals surface area contributed by atoms with Crippen LogP contribution in [0.25, 0.3) is 0 Å². The van der Waals surface area contributed by atoms with Crippen LogP contribution in [-0.2, 0) is 13.0 Å². The third-order valence-corrected chi connectivity index (χ3v) is 5.74. The smallest absolute Gasteiger partial charge is 0.108 e. The van der Waals surface area contributed by atoms with E-state index in [0.29, 0.717) is 6.54 Å². The van der Waals surface area contributed by atoms with E-state index in [0.717, 1.165) is 32.4 Å². The molecule has 0 amide bonds. The summed E-state index contributed by atoms with van der Waals surface area (Å²) in [7, 11) is 4.19. The molecule has 2 aromatic rings. The number of anilines is 2. The number of nitrogens with zero attached hydrogens (tertiary/aromatic N) is 2. The van der Waals surface area contributed by atoms with Gasteiger partial charge in [-0.05, 0) is 55.6 Å². The zero-order chi connectivity index (χ0) is 18.0. The lowest BCUT2D eigenvalue weighted by Crippen LogP contribution is -2.48. The zero-order valence-electron chi connectivity index (χ0n) is 15.8. The van der Waals surface area contributed by atoms with Gasteiger partial charge in [0.1, 0.15) is 5.84 Å². The lowest BCUT2D eigenvalue weighted by molar-refractivity contribution is 0.293. The van der Waals surface area contributed by atoms with Crippen molar-refractivity contribution >= 4 is 17.2 Å². The highest BCUT2D eigenvalue weighted by atomic mass is 15.1. The first-order chi connectivity index (χ1) is 12.7. The van der Waals surface area contributed by atoms with Crippen LogP contribution in [0.2, 0.25) is 0 Å². The third kappa shape index (κ3) is 3.21. The fraction of sp³-hybridized carbons (Fsp3) is 0.409. The summed E-state index contributed by atoms with van der Waals surface area (Å²) in [6.45, 7) is 2.85. The Labute approximate surface area is 156 Å². The molecule has 136 valence electrons. The maximum absolute atomic E-state index is 5.12. The molecule has 4 rings (SSSR count). The molecule has 1 saturated heterocycles. The van der Waals surface area contributed by atoms with E-state index in [4.69, 9.17) is 4.99 Å². The molecule has 2 aromatic carbocycles. The molecule has 2 heterocycles. The number of aliphatic imine (C=N–C) groups is 1. The second-order valence-electron chi connectivity index (χ2n) is 7.68. The number of nitrogens with one attached hydrogen (secondary N) is 2. The van der Waals surface area contributed by atoms with Crippen LogP contribution in [0.5, 0.6) is 0 Å². The molecule has 0 unspecified atom stereocenters. The second-order valence-corrected chi connectivity index (χ2v) is 7.68. The van der Waals surface area contributed by atoms with Crippen molar-refractivity contribution in [2.75, 3.05) is 37.4 Å². The molecule has 1 spiro atoms. The maximum atomic E-state index is 5.12. The zero-order valence-corrected chi connectivity index (χ0v) is 15.8. The summed E-state index contributed by atoms with van der Waals surface area (Å²) in [6, 6.07) is 17.2. The van der Waals surface area contributed by atoms with Gasteiger partial charge in [0.15, 0.2) is 0 Å². The Bertz CT molecular complexity index is 803. The topological polar surface area (TPSA) is 39.7 Å². The molecule has 0 atom stereocenters. The average Bonchev–Trinajstić information content (AvgIpc) is 2.67. The maximum Gasteiger partial charge on any atom is 0.108 e. The van der Waals surface area contributed by atoms with Gasteiger partial charge in [0.2, 0.25) is 0 Å². The predicted molar refractivity (Wildman–Crippen MR) is 110 cm³/mol. The number of hydrogen-bond donors (Lipinski definition) is 2. The highest BCUT2D eigenvalue weighted by Gasteiger charge is 2.40. The summed E-state index contributed by atoms with van der Waals surface area (Å²) >= 11 is 0. The van der Waals surface area contributed by atoms with E-state index >= 15 is 0 Å². The van der Waals surface area contributed by atoms with Crippen molar-refractivity contribution in [1.82, 2.24) is 5.32 Å². The quantitative estimate of drug-likeness (QED) is 0.889. The van der Waals surface area contributed by atoms with Gasteiger partial charge in [-0.1, -0.05) is 36.4 Å². The van der Waals surface area contributed by atoms with Gasteiger partial charge in [-0.15, -0.1) is 0 Å². The van der Waals surface area contributed by atoms with Crippen LogP contribution in [0.4, 0.5) is 11.4 Å². The molecule has 0 aromatic heterocycles. The number of para-hydroxylation sites is 2. The van der Waals surface area contributed by atoms with E-state index in [-0.39, 0.29) is 5.41 Å². The molecule has 0 aliphatic carbocycles. The van der Waals surface area contributed by atoms with Crippen LogP contribution in [0.15, 0.2) is 53.5 Å². The standard InChI is InChI=1S/C22H28N4/c1-26(2)20-10-6-4-8-18(20)16-24-21-22(11-13-23-14-12-22)15-17-7-3-5-9-19(17)25-21/h3-10,23H,11-16H2,1-2H3,(H,24,25). The van der Waals surface area contributed by atoms with Crippen molar-refractivity contribution in [1.29, 1.82) is 0 Å². The van der Waals surface area contributed by atoms with Crippen molar-refractivity contribution in [3.8, 4) is 0 Å². The van der Waals surface area contributed by atoms with Gasteiger partial charge in [0, 0.05) is 30.9 Å². The first-order valence-electron chi connectivity index (χ1n) is 9.54. The summed E-state index contributed by atoms with van der Waals surface area (Å²) in [5, 5.41) is 7.19. The molecule has 2 aliphatic heterocycles. The Balaban J connectivity index is 1.68. The van der Waals surface area contributed by atoms with Crippen LogP contribution < -0.4 is 15.5 Å². The number of amidine groups is 1. The van der Waals surface area contributed by atoms with E-state index in [9.17, 15) is 0 Å². The van der Waals surface area contributed by atoms with Gasteiger partial charge in [0.25, 0.3) is 0 Å². The molecular formula is C22H28N4. The molecule has 26 heavy (non-hydrogen) atoms. The lowest BCUT2D eigenvalue weighted by atomic mass is 9.71. The van der Waals surface area contributed by atoms with Crippen LogP contribution in [0.3, 0.4) is 0 Å². The number of piperidine rings is 1. The fourth-order valence-corrected chi connectivity index (χ4v) is 4.28. The Morgan fingerprint density at radius 2 is 1.73 bits per heavy atom. The fourth-order valence-electron chi connectivity index (χ4n) is 4.28. The van der Waals surface area contributed by atoms with E-state index in [2.05, 4.69) is 78.2 Å². The normalized spacial score (nSPS) is 19.8. The van der Waals surface area contributed by atoms with Gasteiger partial charge in [-0.3, -0.25) is 4.99 Å². The van der Waals surface area contributed by atoms with Crippen LogP contribution >= 0.6 is 0 Å². The molecule has 2 aliphatic rings. The SMILES string of the molecule is CN(C)c1ccccc1CN=C1Nc2ccccc2CC12CCNCC2. The first-order valence-corrected chi connectivity index (χ1v) is 9.54. The first kappa shape index (κ1) is 17.1. The molecule has 4 heteroatoms. The largest absolute Gasteiger partial charge is 0.377 e.